The number of aromatic nitrogens is 2. The van der Waals surface area contributed by atoms with Crippen molar-refractivity contribution in [3.05, 3.63) is 58.5 Å². The molecule has 1 aromatic heterocycles. The minimum Gasteiger partial charge on any atom is -0.489 e. The molecule has 3 aliphatic heterocycles. The number of aliphatic hydroxyl groups excluding tert-OH is 1. The lowest BCUT2D eigenvalue weighted by Crippen LogP contribution is -2.48. The molecule has 1 aromatic carbocycles. The van der Waals surface area contributed by atoms with Crippen LogP contribution >= 0.6 is 11.6 Å². The molecule has 2 bridgehead atoms. The van der Waals surface area contributed by atoms with Gasteiger partial charge in [0, 0.05) is 55.0 Å². The number of nitrogens with zero attached hydrogens (tertiary/aromatic N) is 4. The summed E-state index contributed by atoms with van der Waals surface area (Å²) < 4.78 is 20.6. The molecule has 2 fully saturated rings. The van der Waals surface area contributed by atoms with E-state index in [1.54, 1.807) is 4.90 Å². The molecule has 3 N–H and O–H groups in total. The lowest BCUT2D eigenvalue weighted by Gasteiger charge is -2.40. The number of halogens is 2. The number of piperidine rings is 1. The maximum atomic E-state index is 14.2. The number of carbonyl (C=O) groups is 1. The predicted octanol–water partition coefficient (Wildman–Crippen LogP) is 3.10. The highest BCUT2D eigenvalue weighted by Crippen LogP contribution is 2.38. The Morgan fingerprint density at radius 1 is 1.25 bits per heavy atom. The zero-order chi connectivity index (χ0) is 25.4. The molecule has 8 nitrogen and oxygen atoms in total. The van der Waals surface area contributed by atoms with Crippen molar-refractivity contribution < 1.29 is 19.0 Å². The standard InChI is InChI=1S/C26H31ClFN5O3/c1-15(14-34)11-33-18-3-4-19(33)8-20(7-18)36-24-6-17(28)2-5-21(24)26(35)32-12-22(23(29)13-32)25-30-9-16(27)10-31-25/h2,5-6,9-10,15,18-20,34H,3-4,7-8,11-14,29H2,1H3/t15-,18-,19+,20?/m0/s1. The van der Waals surface area contributed by atoms with Crippen molar-refractivity contribution in [3.63, 3.8) is 0 Å². The number of amides is 1. The molecule has 192 valence electrons. The summed E-state index contributed by atoms with van der Waals surface area (Å²) in [6.45, 7) is 3.56. The molecule has 0 spiro atoms. The Bertz CT molecular complexity index is 1150. The smallest absolute Gasteiger partial charge is 0.258 e. The van der Waals surface area contributed by atoms with Crippen LogP contribution in [-0.4, -0.2) is 75.2 Å². The lowest BCUT2D eigenvalue weighted by molar-refractivity contribution is 0.0341. The van der Waals surface area contributed by atoms with E-state index >= 15 is 0 Å². The SMILES string of the molecule is C[C@H](CO)CN1[C@@H]2CC[C@H]1CC(Oc1cc(F)ccc1C(=O)N1CC(N)=C(c3ncc(Cl)cn3)C1)C2. The molecule has 0 saturated carbocycles. The van der Waals surface area contributed by atoms with Crippen LogP contribution in [0, 0.1) is 11.7 Å². The lowest BCUT2D eigenvalue weighted by atomic mass is 9.98. The Morgan fingerprint density at radius 2 is 1.94 bits per heavy atom. The fraction of sp³-hybridized carbons (Fsp3) is 0.500. The summed E-state index contributed by atoms with van der Waals surface area (Å²) in [5.41, 5.74) is 7.72. The molecule has 3 aliphatic rings. The Labute approximate surface area is 214 Å². The van der Waals surface area contributed by atoms with Gasteiger partial charge in [-0.15, -0.1) is 0 Å². The zero-order valence-corrected chi connectivity index (χ0v) is 21.0. The fourth-order valence-electron chi connectivity index (χ4n) is 5.63. The van der Waals surface area contributed by atoms with E-state index in [0.717, 1.165) is 32.2 Å². The molecular formula is C26H31ClFN5O3. The maximum Gasteiger partial charge on any atom is 0.258 e. The molecule has 4 atom stereocenters. The van der Waals surface area contributed by atoms with Crippen molar-refractivity contribution in [2.45, 2.75) is 50.8 Å². The molecule has 36 heavy (non-hydrogen) atoms. The van der Waals surface area contributed by atoms with Gasteiger partial charge in [-0.25, -0.2) is 14.4 Å². The first kappa shape index (κ1) is 24.9. The third-order valence-electron chi connectivity index (χ3n) is 7.42. The van der Waals surface area contributed by atoms with E-state index in [1.165, 1.54) is 30.6 Å². The summed E-state index contributed by atoms with van der Waals surface area (Å²) in [6.07, 6.45) is 6.69. The van der Waals surface area contributed by atoms with E-state index in [0.29, 0.717) is 39.8 Å². The van der Waals surface area contributed by atoms with E-state index < -0.39 is 5.82 Å². The fourth-order valence-corrected chi connectivity index (χ4v) is 5.73. The van der Waals surface area contributed by atoms with Crippen LogP contribution in [0.1, 0.15) is 48.8 Å². The number of nitrogens with two attached hydrogens (primary N) is 1. The Morgan fingerprint density at radius 3 is 2.61 bits per heavy atom. The van der Waals surface area contributed by atoms with Gasteiger partial charge in [0.2, 0.25) is 0 Å². The van der Waals surface area contributed by atoms with Gasteiger partial charge in [-0.05, 0) is 43.7 Å². The van der Waals surface area contributed by atoms with Crippen LogP contribution in [0.2, 0.25) is 5.02 Å². The summed E-state index contributed by atoms with van der Waals surface area (Å²) in [4.78, 5) is 26.0. The minimum atomic E-state index is -0.451. The molecule has 2 saturated heterocycles. The minimum absolute atomic E-state index is 0.101. The molecule has 4 heterocycles. The molecule has 0 aliphatic carbocycles. The van der Waals surface area contributed by atoms with Crippen LogP contribution in [-0.2, 0) is 0 Å². The number of ether oxygens (including phenoxy) is 1. The number of aliphatic hydroxyl groups is 1. The summed E-state index contributed by atoms with van der Waals surface area (Å²) in [5.74, 6) is 0.182. The second kappa shape index (κ2) is 10.3. The van der Waals surface area contributed by atoms with Crippen LogP contribution < -0.4 is 10.5 Å². The normalized spacial score (nSPS) is 24.9. The van der Waals surface area contributed by atoms with Crippen LogP contribution in [0.4, 0.5) is 4.39 Å². The van der Waals surface area contributed by atoms with Crippen LogP contribution in [0.3, 0.4) is 0 Å². The largest absolute Gasteiger partial charge is 0.489 e. The highest BCUT2D eigenvalue weighted by atomic mass is 35.5. The first-order valence-corrected chi connectivity index (χ1v) is 12.8. The average molecular weight is 516 g/mol. The van der Waals surface area contributed by atoms with E-state index in [9.17, 15) is 14.3 Å². The van der Waals surface area contributed by atoms with E-state index in [-0.39, 0.29) is 43.4 Å². The summed E-state index contributed by atoms with van der Waals surface area (Å²) in [5, 5.41) is 9.88. The predicted molar refractivity (Wildman–Crippen MR) is 134 cm³/mol. The highest BCUT2D eigenvalue weighted by molar-refractivity contribution is 6.30. The molecule has 10 heteroatoms. The Hall–Kier alpha value is -2.75. The first-order chi connectivity index (χ1) is 17.3. The Kier molecular flexibility index (Phi) is 7.14. The molecular weight excluding hydrogens is 485 g/mol. The number of carbonyl (C=O) groups excluding carboxylic acids is 1. The van der Waals surface area contributed by atoms with Crippen LogP contribution in [0.25, 0.3) is 5.57 Å². The van der Waals surface area contributed by atoms with Gasteiger partial charge in [0.1, 0.15) is 17.7 Å². The molecule has 1 amide bonds. The zero-order valence-electron chi connectivity index (χ0n) is 20.2. The van der Waals surface area contributed by atoms with Gasteiger partial charge in [-0.3, -0.25) is 9.69 Å². The van der Waals surface area contributed by atoms with Gasteiger partial charge in [-0.1, -0.05) is 18.5 Å². The van der Waals surface area contributed by atoms with E-state index in [2.05, 4.69) is 21.8 Å². The summed E-state index contributed by atoms with van der Waals surface area (Å²) in [7, 11) is 0. The molecule has 2 aromatic rings. The number of rotatable bonds is 7. The third-order valence-corrected chi connectivity index (χ3v) is 7.61. The third kappa shape index (κ3) is 5.05. The monoisotopic (exact) mass is 515 g/mol. The molecule has 5 rings (SSSR count). The maximum absolute atomic E-state index is 14.2. The van der Waals surface area contributed by atoms with Gasteiger partial charge >= 0.3 is 0 Å². The second-order valence-corrected chi connectivity index (χ2v) is 10.5. The second-order valence-electron chi connectivity index (χ2n) is 10.1. The van der Waals surface area contributed by atoms with Crippen molar-refractivity contribution in [1.82, 2.24) is 19.8 Å². The number of hydrogen-bond donors (Lipinski definition) is 2. The van der Waals surface area contributed by atoms with Gasteiger partial charge in [0.15, 0.2) is 5.82 Å². The van der Waals surface area contributed by atoms with Crippen LogP contribution in [0.15, 0.2) is 36.3 Å². The quantitative estimate of drug-likeness (QED) is 0.583. The summed E-state index contributed by atoms with van der Waals surface area (Å²) >= 11 is 5.89. The van der Waals surface area contributed by atoms with Crippen molar-refractivity contribution in [2.24, 2.45) is 11.7 Å². The van der Waals surface area contributed by atoms with Gasteiger partial charge in [-0.2, -0.15) is 0 Å². The van der Waals surface area contributed by atoms with Gasteiger partial charge in [0.05, 0.1) is 23.7 Å². The molecule has 0 radical (unpaired) electrons. The van der Waals surface area contributed by atoms with Gasteiger partial charge in [0.25, 0.3) is 5.91 Å². The van der Waals surface area contributed by atoms with Gasteiger partial charge < -0.3 is 20.5 Å². The molecule has 1 unspecified atom stereocenters. The summed E-state index contributed by atoms with van der Waals surface area (Å²) in [6, 6.07) is 4.80. The topological polar surface area (TPSA) is 105 Å². The van der Waals surface area contributed by atoms with E-state index in [4.69, 9.17) is 22.1 Å². The van der Waals surface area contributed by atoms with E-state index in [1.807, 2.05) is 0 Å². The van der Waals surface area contributed by atoms with Crippen molar-refractivity contribution in [3.8, 4) is 5.75 Å². The van der Waals surface area contributed by atoms with Crippen molar-refractivity contribution in [2.75, 3.05) is 26.2 Å². The Balaban J connectivity index is 1.29. The average Bonchev–Trinajstić information content (AvgIpc) is 3.34. The number of fused-ring (bicyclic) bond motifs is 2. The highest BCUT2D eigenvalue weighted by Gasteiger charge is 2.42. The van der Waals surface area contributed by atoms with Crippen molar-refractivity contribution in [1.29, 1.82) is 0 Å². The number of hydrogen-bond acceptors (Lipinski definition) is 7. The number of benzene rings is 1. The van der Waals surface area contributed by atoms with Crippen molar-refractivity contribution >= 4 is 23.1 Å². The van der Waals surface area contributed by atoms with Crippen LogP contribution in [0.5, 0.6) is 5.75 Å². The first-order valence-electron chi connectivity index (χ1n) is 12.4.